The number of carboxylic acid groups (broad SMARTS) is 1. The summed E-state index contributed by atoms with van der Waals surface area (Å²) in [5, 5.41) is 30.2. The molecule has 4 heterocycles. The minimum atomic E-state index is -3.92. The van der Waals surface area contributed by atoms with Crippen molar-refractivity contribution in [2.24, 2.45) is 17.6 Å². The topological polar surface area (TPSA) is 358 Å². The summed E-state index contributed by atoms with van der Waals surface area (Å²) in [5.74, 6) is -5.05. The number of carbonyl (C=O) groups is 11. The van der Waals surface area contributed by atoms with Crippen LogP contribution in [0.15, 0.2) is 18.2 Å². The Morgan fingerprint density at radius 3 is 2.15 bits per heavy atom. The van der Waals surface area contributed by atoms with Gasteiger partial charge in [-0.1, -0.05) is 52.3 Å². The second-order valence-corrected chi connectivity index (χ2v) is 22.0. The summed E-state index contributed by atoms with van der Waals surface area (Å²) in [6, 6.07) is 4.34. The summed E-state index contributed by atoms with van der Waals surface area (Å²) in [4.78, 5) is 138. The highest BCUT2D eigenvalue weighted by atomic mass is 27.3. The Bertz CT molecular complexity index is 2330. The molecule has 0 aromatic heterocycles. The number of anilines is 1. The lowest BCUT2D eigenvalue weighted by Crippen LogP contribution is -2.52. The number of aliphatic hydroxyl groups excluding tert-OH is 1. The van der Waals surface area contributed by atoms with Crippen molar-refractivity contribution in [2.45, 2.75) is 129 Å². The number of aliphatic hydroxyl groups is 1. The first-order chi connectivity index (χ1) is 38.9. The van der Waals surface area contributed by atoms with Crippen molar-refractivity contribution in [2.75, 3.05) is 97.5 Å². The Hall–Kier alpha value is -6.35. The molecule has 2 fully saturated rings. The summed E-state index contributed by atoms with van der Waals surface area (Å²) in [6.07, 6.45) is 4.27. The molecule has 0 bridgehead atoms. The first-order valence-electron chi connectivity index (χ1n) is 27.8. The third-order valence-corrected chi connectivity index (χ3v) is 15.1. The second-order valence-electron chi connectivity index (χ2n) is 21.0. The number of benzene rings is 1. The van der Waals surface area contributed by atoms with Crippen molar-refractivity contribution >= 4 is 86.7 Å². The molecule has 0 saturated carbocycles. The van der Waals surface area contributed by atoms with Crippen LogP contribution >= 0.6 is 0 Å². The Labute approximate surface area is 483 Å². The van der Waals surface area contributed by atoms with Gasteiger partial charge in [-0.25, -0.2) is 0 Å². The lowest BCUT2D eigenvalue weighted by Gasteiger charge is -2.34. The number of nitrogens with zero attached hydrogens (tertiary/aromatic N) is 5. The van der Waals surface area contributed by atoms with Crippen LogP contribution in [0, 0.1) is 11.8 Å². The van der Waals surface area contributed by atoms with Crippen LogP contribution in [0.1, 0.15) is 97.1 Å². The average Bonchev–Trinajstić information content (AvgIpc) is 4.02. The van der Waals surface area contributed by atoms with E-state index in [-0.39, 0.29) is 56.8 Å². The first kappa shape index (κ1) is 69.9. The predicted molar refractivity (Wildman–Crippen MR) is 296 cm³/mol. The Morgan fingerprint density at radius 2 is 1.55 bits per heavy atom. The predicted octanol–water partition coefficient (Wildman–Crippen LogP) is -1.79. The van der Waals surface area contributed by atoms with Crippen LogP contribution in [0.2, 0.25) is 0 Å². The SMILES string of the molecule is CCC(C)CC(=O)NC1CCc2cccc3c2N(C1=O)C(C)C3.CCN(CC)CC(=O)[O][Al]([F])[O]C(=O)CN(C)CCN(C)CC1CCN(CC(=O)NC(CCC(=O)O)C(=O)NCC(=O)NCC(N)=O)CC1.O=CNC1CC(=O)OC1O. The van der Waals surface area contributed by atoms with Gasteiger partial charge in [0.05, 0.1) is 44.8 Å². The zero-order valence-electron chi connectivity index (χ0n) is 48.3. The number of aryl methyl sites for hydroxylation is 1. The number of esters is 1. The smallest absolute Gasteiger partial charge is 0.558 e. The highest BCUT2D eigenvalue weighted by molar-refractivity contribution is 6.41. The van der Waals surface area contributed by atoms with Gasteiger partial charge in [0, 0.05) is 38.5 Å². The van der Waals surface area contributed by atoms with E-state index in [2.05, 4.69) is 79.0 Å². The number of hydrogen-bond acceptors (Lipinski definition) is 19. The van der Waals surface area contributed by atoms with Gasteiger partial charge < -0.3 is 68.2 Å². The van der Waals surface area contributed by atoms with E-state index >= 15 is 0 Å². The van der Waals surface area contributed by atoms with Crippen molar-refractivity contribution < 1.29 is 78.8 Å². The molecule has 6 unspecified atom stereocenters. The van der Waals surface area contributed by atoms with Crippen LogP contribution in [-0.2, 0) is 77.9 Å². The fraction of sp³-hybridized carbons (Fsp3) is 0.679. The molecule has 1 aromatic rings. The van der Waals surface area contributed by atoms with Crippen molar-refractivity contribution in [3.05, 3.63) is 29.3 Å². The Morgan fingerprint density at radius 1 is 0.902 bits per heavy atom. The van der Waals surface area contributed by atoms with Gasteiger partial charge in [-0.2, -0.15) is 0 Å². The number of halogens is 1. The lowest BCUT2D eigenvalue weighted by molar-refractivity contribution is -0.155. The largest absolute Gasteiger partial charge is 1.15 e. The maximum Gasteiger partial charge on any atom is 1.15 e. The molecule has 0 aliphatic carbocycles. The van der Waals surface area contributed by atoms with Gasteiger partial charge in [0.25, 0.3) is 11.9 Å². The number of rotatable bonds is 30. The molecule has 458 valence electrons. The molecule has 9 N–H and O–H groups in total. The fourth-order valence-electron chi connectivity index (χ4n) is 9.44. The molecular weight excluding hydrogens is 1090 g/mol. The van der Waals surface area contributed by atoms with Gasteiger partial charge in [0.1, 0.15) is 18.1 Å². The fourth-order valence-corrected chi connectivity index (χ4v) is 10.1. The van der Waals surface area contributed by atoms with E-state index in [4.69, 9.17) is 19.7 Å². The first-order valence-corrected chi connectivity index (χ1v) is 29.2. The minimum absolute atomic E-state index is 0.00395. The average molecular weight is 1180 g/mol. The number of para-hydroxylation sites is 1. The molecule has 82 heavy (non-hydrogen) atoms. The summed E-state index contributed by atoms with van der Waals surface area (Å²) < 4.78 is 27.7. The highest BCUT2D eigenvalue weighted by Crippen LogP contribution is 2.38. The molecular formula is C53H85AlFN11O16. The molecule has 27 nitrogen and oxygen atoms in total. The van der Waals surface area contributed by atoms with E-state index in [1.165, 1.54) is 11.1 Å². The molecule has 6 atom stereocenters. The van der Waals surface area contributed by atoms with Crippen LogP contribution in [0.25, 0.3) is 0 Å². The van der Waals surface area contributed by atoms with E-state index in [1.807, 2.05) is 30.7 Å². The number of hydrogen-bond donors (Lipinski definition) is 8. The molecule has 29 heteroatoms. The number of likely N-dealkylation sites (N-methyl/N-ethyl adjacent to an activating group) is 3. The number of likely N-dealkylation sites (tertiary alicyclic amines) is 1. The van der Waals surface area contributed by atoms with E-state index in [0.717, 1.165) is 44.3 Å². The number of aliphatic carboxylic acids is 1. The van der Waals surface area contributed by atoms with E-state index < -0.39 is 100 Å². The normalized spacial score (nSPS) is 19.1. The minimum Gasteiger partial charge on any atom is -0.558 e. The van der Waals surface area contributed by atoms with E-state index in [0.29, 0.717) is 70.4 Å². The Kier molecular flexibility index (Phi) is 30.9. The van der Waals surface area contributed by atoms with Crippen LogP contribution < -0.4 is 37.2 Å². The van der Waals surface area contributed by atoms with Crippen LogP contribution in [0.3, 0.4) is 0 Å². The number of carbonyl (C=O) groups excluding carboxylic acids is 10. The van der Waals surface area contributed by atoms with Crippen LogP contribution in [-0.4, -0.2) is 234 Å². The number of ether oxygens (including phenoxy) is 1. The van der Waals surface area contributed by atoms with Gasteiger partial charge in [0.15, 0.2) is 0 Å². The number of primary amides is 1. The van der Waals surface area contributed by atoms with E-state index in [9.17, 15) is 56.3 Å². The summed E-state index contributed by atoms with van der Waals surface area (Å²) >= 11 is -3.92. The quantitative estimate of drug-likeness (QED) is 0.0240. The number of nitrogens with one attached hydrogen (secondary N) is 5. The molecule has 0 spiro atoms. The zero-order valence-corrected chi connectivity index (χ0v) is 49.4. The third kappa shape index (κ3) is 25.4. The number of carboxylic acids is 1. The van der Waals surface area contributed by atoms with Gasteiger partial charge >= 0.3 is 27.2 Å². The molecule has 5 rings (SSSR count). The van der Waals surface area contributed by atoms with Crippen LogP contribution in [0.4, 0.5) is 9.21 Å². The van der Waals surface area contributed by atoms with Crippen LogP contribution in [0.5, 0.6) is 0 Å². The molecule has 1 aromatic carbocycles. The van der Waals surface area contributed by atoms with Crippen molar-refractivity contribution in [1.82, 2.24) is 46.2 Å². The van der Waals surface area contributed by atoms with Crippen molar-refractivity contribution in [3.8, 4) is 0 Å². The molecule has 4 aliphatic heterocycles. The number of amides is 7. The maximum atomic E-state index is 14.0. The molecule has 0 radical (unpaired) electrons. The number of piperidine rings is 1. The second kappa shape index (κ2) is 36.3. The van der Waals surface area contributed by atoms with Gasteiger partial charge in [0.2, 0.25) is 48.1 Å². The van der Waals surface area contributed by atoms with Crippen molar-refractivity contribution in [1.29, 1.82) is 0 Å². The zero-order chi connectivity index (χ0) is 61.1. The lowest BCUT2D eigenvalue weighted by atomic mass is 9.96. The third-order valence-electron chi connectivity index (χ3n) is 14.3. The van der Waals surface area contributed by atoms with E-state index in [1.54, 1.807) is 16.8 Å². The number of nitrogens with two attached hydrogens (primary N) is 1. The molecule has 7 amide bonds. The highest BCUT2D eigenvalue weighted by Gasteiger charge is 2.42. The monoisotopic (exact) mass is 1180 g/mol. The van der Waals surface area contributed by atoms with Crippen molar-refractivity contribution in [3.63, 3.8) is 0 Å². The maximum absolute atomic E-state index is 14.0. The van der Waals surface area contributed by atoms with Gasteiger partial charge in [-0.15, -0.1) is 0 Å². The molecule has 4 aliphatic rings. The summed E-state index contributed by atoms with van der Waals surface area (Å²) in [6.45, 7) is 13.3. The molecule has 2 saturated heterocycles. The van der Waals surface area contributed by atoms with Gasteiger partial charge in [-0.3, -0.25) is 67.4 Å². The number of cyclic esters (lactones) is 1. The standard InChI is InChI=1S/C23H41N7O8.C19H26N2O2.C6H13NO2.C5H7NO4.Al.FH/c1-28(9-10-29(2)15-22(36)37)13-16-5-7-30(8-6-16)14-20(33)27-17(3-4-21(34)35)23(38)26-12-19(32)25-11-18(24)31;1-4-12(2)10-17(22)20-16-9-8-14-6-5-7-15-11-13(3)21(18(14)15)19(16)23;1-3-7(4-2)5-6(8)9;7-2-6-3-1-4(8)10-5(3)9;;/h16-17H,3-15H2,1-2H3,(H2,24,31)(H,25,32)(H,26,38)(H,27,33)(H,34,35)(H,36,37);5-7,12-13,16H,4,8-11H2,1-3H3,(H,20,22);3-5H2,1-2H3,(H,8,9);2-3,5,9H,1H2,(H,6,7);;1H/q;;;;+3;/p-3. The van der Waals surface area contributed by atoms with Gasteiger partial charge in [-0.05, 0) is 109 Å². The Balaban J connectivity index is 0.000000430. The summed E-state index contributed by atoms with van der Waals surface area (Å²) in [5.41, 5.74) is 8.55. The summed E-state index contributed by atoms with van der Waals surface area (Å²) in [7, 11) is 3.66.